The number of nitrogens with zero attached hydrogens (tertiary/aromatic N) is 1. The van der Waals surface area contributed by atoms with Crippen molar-refractivity contribution >= 4 is 23.7 Å². The molecule has 0 fully saturated rings. The summed E-state index contributed by atoms with van der Waals surface area (Å²) in [4.78, 5) is 25.6. The molecule has 0 bridgehead atoms. The van der Waals surface area contributed by atoms with Gasteiger partial charge >= 0.3 is 11.9 Å². The van der Waals surface area contributed by atoms with E-state index in [0.29, 0.717) is 11.3 Å². The van der Waals surface area contributed by atoms with Crippen molar-refractivity contribution in [2.45, 2.75) is 12.5 Å². The van der Waals surface area contributed by atoms with Crippen molar-refractivity contribution in [3.05, 3.63) is 29.3 Å². The molecule has 0 saturated carbocycles. The SMILES string of the molecule is COC(=O)CC1C(C(=O)OC)=Cc2cc(OC)ccc2N1C. The molecular weight excluding hydrogens is 286 g/mol. The van der Waals surface area contributed by atoms with E-state index in [4.69, 9.17) is 14.2 Å². The van der Waals surface area contributed by atoms with Gasteiger partial charge in [0.1, 0.15) is 5.75 Å². The molecule has 1 heterocycles. The van der Waals surface area contributed by atoms with Gasteiger partial charge in [-0.3, -0.25) is 4.79 Å². The summed E-state index contributed by atoms with van der Waals surface area (Å²) in [6.07, 6.45) is 1.80. The molecule has 0 aliphatic carbocycles. The molecule has 118 valence electrons. The van der Waals surface area contributed by atoms with Gasteiger partial charge in [-0.2, -0.15) is 0 Å². The lowest BCUT2D eigenvalue weighted by atomic mass is 9.93. The molecule has 0 amide bonds. The van der Waals surface area contributed by atoms with Crippen LogP contribution in [0.1, 0.15) is 12.0 Å². The van der Waals surface area contributed by atoms with Gasteiger partial charge in [0.25, 0.3) is 0 Å². The number of fused-ring (bicyclic) bond motifs is 1. The van der Waals surface area contributed by atoms with Crippen LogP contribution in [0, 0.1) is 0 Å². The topological polar surface area (TPSA) is 65.1 Å². The van der Waals surface area contributed by atoms with Crippen molar-refractivity contribution in [3.8, 4) is 5.75 Å². The van der Waals surface area contributed by atoms with Gasteiger partial charge in [-0.25, -0.2) is 4.79 Å². The van der Waals surface area contributed by atoms with Crippen LogP contribution in [0.4, 0.5) is 5.69 Å². The van der Waals surface area contributed by atoms with Gasteiger partial charge in [0.05, 0.1) is 39.4 Å². The van der Waals surface area contributed by atoms with Gasteiger partial charge in [0, 0.05) is 18.3 Å². The average Bonchev–Trinajstić information content (AvgIpc) is 2.55. The lowest BCUT2D eigenvalue weighted by Gasteiger charge is -2.35. The standard InChI is InChI=1S/C16H19NO5/c1-17-13-6-5-11(20-2)7-10(13)8-12(16(19)22-4)14(17)9-15(18)21-3/h5-8,14H,9H2,1-4H3. The third-order valence-corrected chi connectivity index (χ3v) is 3.76. The number of carbonyl (C=O) groups is 2. The Balaban J connectivity index is 2.48. The fraction of sp³-hybridized carbons (Fsp3) is 0.375. The van der Waals surface area contributed by atoms with Crippen LogP contribution in [-0.4, -0.2) is 46.4 Å². The van der Waals surface area contributed by atoms with Crippen molar-refractivity contribution in [3.63, 3.8) is 0 Å². The predicted molar refractivity (Wildman–Crippen MR) is 81.8 cm³/mol. The van der Waals surface area contributed by atoms with Crippen LogP contribution in [0.2, 0.25) is 0 Å². The Labute approximate surface area is 129 Å². The molecular formula is C16H19NO5. The van der Waals surface area contributed by atoms with Gasteiger partial charge < -0.3 is 19.1 Å². The predicted octanol–water partition coefficient (Wildman–Crippen LogP) is 1.63. The van der Waals surface area contributed by atoms with E-state index in [0.717, 1.165) is 11.3 Å². The van der Waals surface area contributed by atoms with Crippen molar-refractivity contribution in [2.75, 3.05) is 33.3 Å². The second kappa shape index (κ2) is 6.51. The molecule has 1 aromatic carbocycles. The van der Waals surface area contributed by atoms with Gasteiger partial charge in [0.2, 0.25) is 0 Å². The maximum Gasteiger partial charge on any atom is 0.335 e. The fourth-order valence-electron chi connectivity index (χ4n) is 2.54. The van der Waals surface area contributed by atoms with Crippen molar-refractivity contribution in [1.29, 1.82) is 0 Å². The third-order valence-electron chi connectivity index (χ3n) is 3.76. The molecule has 1 aromatic rings. The molecule has 1 atom stereocenters. The molecule has 6 nitrogen and oxygen atoms in total. The minimum absolute atomic E-state index is 0.0689. The zero-order chi connectivity index (χ0) is 16.3. The van der Waals surface area contributed by atoms with E-state index in [1.807, 2.05) is 30.1 Å². The Morgan fingerprint density at radius 2 is 1.91 bits per heavy atom. The normalized spacial score (nSPS) is 16.5. The molecule has 2 rings (SSSR count). The van der Waals surface area contributed by atoms with Gasteiger partial charge in [0.15, 0.2) is 0 Å². The number of rotatable bonds is 4. The number of hydrogen-bond donors (Lipinski definition) is 0. The van der Waals surface area contributed by atoms with Crippen molar-refractivity contribution < 1.29 is 23.8 Å². The Bertz CT molecular complexity index is 623. The van der Waals surface area contributed by atoms with E-state index in [9.17, 15) is 9.59 Å². The smallest absolute Gasteiger partial charge is 0.335 e. The molecule has 0 radical (unpaired) electrons. The van der Waals surface area contributed by atoms with Crippen molar-refractivity contribution in [1.82, 2.24) is 0 Å². The minimum Gasteiger partial charge on any atom is -0.497 e. The maximum atomic E-state index is 12.1. The first kappa shape index (κ1) is 15.9. The first-order chi connectivity index (χ1) is 10.5. The molecule has 0 N–H and O–H groups in total. The van der Waals surface area contributed by atoms with Crippen LogP contribution in [0.5, 0.6) is 5.75 Å². The summed E-state index contributed by atoms with van der Waals surface area (Å²) in [6.45, 7) is 0. The van der Waals surface area contributed by atoms with E-state index in [-0.39, 0.29) is 12.4 Å². The van der Waals surface area contributed by atoms with Gasteiger partial charge in [-0.05, 0) is 24.3 Å². The van der Waals surface area contributed by atoms with Crippen LogP contribution in [0.25, 0.3) is 6.08 Å². The van der Waals surface area contributed by atoms with Crippen LogP contribution in [-0.2, 0) is 19.1 Å². The maximum absolute atomic E-state index is 12.1. The quantitative estimate of drug-likeness (QED) is 0.788. The number of benzene rings is 1. The third kappa shape index (κ3) is 2.90. The number of carbonyl (C=O) groups excluding carboxylic acids is 2. The van der Waals surface area contributed by atoms with E-state index in [1.54, 1.807) is 13.2 Å². The Kier molecular flexibility index (Phi) is 4.70. The summed E-state index contributed by atoms with van der Waals surface area (Å²) in [6, 6.07) is 5.13. The van der Waals surface area contributed by atoms with Crippen LogP contribution in [0.15, 0.2) is 23.8 Å². The Hall–Kier alpha value is -2.50. The molecule has 22 heavy (non-hydrogen) atoms. The van der Waals surface area contributed by atoms with E-state index >= 15 is 0 Å². The Morgan fingerprint density at radius 3 is 2.50 bits per heavy atom. The zero-order valence-corrected chi connectivity index (χ0v) is 13.1. The number of methoxy groups -OCH3 is 3. The number of anilines is 1. The number of ether oxygens (including phenoxy) is 3. The molecule has 1 unspecified atom stereocenters. The largest absolute Gasteiger partial charge is 0.497 e. The highest BCUT2D eigenvalue weighted by molar-refractivity contribution is 5.99. The van der Waals surface area contributed by atoms with Gasteiger partial charge in [-0.15, -0.1) is 0 Å². The number of hydrogen-bond acceptors (Lipinski definition) is 6. The molecule has 1 aliphatic heterocycles. The molecule has 0 aromatic heterocycles. The molecule has 6 heteroatoms. The Morgan fingerprint density at radius 1 is 1.18 bits per heavy atom. The summed E-state index contributed by atoms with van der Waals surface area (Å²) in [5, 5.41) is 0. The summed E-state index contributed by atoms with van der Waals surface area (Å²) in [5.41, 5.74) is 2.15. The molecule has 1 aliphatic rings. The average molecular weight is 305 g/mol. The highest BCUT2D eigenvalue weighted by atomic mass is 16.5. The minimum atomic E-state index is -0.464. The second-order valence-electron chi connectivity index (χ2n) is 4.92. The molecule has 0 spiro atoms. The van der Waals surface area contributed by atoms with Gasteiger partial charge in [-0.1, -0.05) is 0 Å². The van der Waals surface area contributed by atoms with E-state index < -0.39 is 12.0 Å². The summed E-state index contributed by atoms with van der Waals surface area (Å²) >= 11 is 0. The first-order valence-corrected chi connectivity index (χ1v) is 6.79. The summed E-state index contributed by atoms with van der Waals surface area (Å²) in [5.74, 6) is -0.156. The fourth-order valence-corrected chi connectivity index (χ4v) is 2.54. The summed E-state index contributed by atoms with van der Waals surface area (Å²) < 4.78 is 14.8. The lowest BCUT2D eigenvalue weighted by Crippen LogP contribution is -2.40. The second-order valence-corrected chi connectivity index (χ2v) is 4.92. The zero-order valence-electron chi connectivity index (χ0n) is 13.1. The van der Waals surface area contributed by atoms with E-state index in [2.05, 4.69) is 0 Å². The van der Waals surface area contributed by atoms with Crippen LogP contribution < -0.4 is 9.64 Å². The highest BCUT2D eigenvalue weighted by Gasteiger charge is 2.32. The highest BCUT2D eigenvalue weighted by Crippen LogP contribution is 2.35. The van der Waals surface area contributed by atoms with Crippen LogP contribution >= 0.6 is 0 Å². The summed E-state index contributed by atoms with van der Waals surface area (Å²) in [7, 11) is 6.05. The van der Waals surface area contributed by atoms with Crippen LogP contribution in [0.3, 0.4) is 0 Å². The first-order valence-electron chi connectivity index (χ1n) is 6.79. The van der Waals surface area contributed by atoms with E-state index in [1.165, 1.54) is 14.2 Å². The monoisotopic (exact) mass is 305 g/mol. The van der Waals surface area contributed by atoms with Crippen molar-refractivity contribution in [2.24, 2.45) is 0 Å². The molecule has 0 saturated heterocycles. The number of esters is 2. The lowest BCUT2D eigenvalue weighted by molar-refractivity contribution is -0.141. The number of likely N-dealkylation sites (N-methyl/N-ethyl adjacent to an activating group) is 1.